The lowest BCUT2D eigenvalue weighted by Gasteiger charge is -2.41. The molecule has 0 saturated carbocycles. The van der Waals surface area contributed by atoms with Crippen molar-refractivity contribution in [2.45, 2.75) is 54.1 Å². The van der Waals surface area contributed by atoms with Gasteiger partial charge in [-0.3, -0.25) is 0 Å². The first-order chi connectivity index (χ1) is 13.2. The first-order valence-corrected chi connectivity index (χ1v) is 6.31. The zero-order chi connectivity index (χ0) is 27.0. The third-order valence-corrected chi connectivity index (χ3v) is 3.41. The van der Waals surface area contributed by atoms with Crippen LogP contribution in [0.4, 0.5) is 96.8 Å². The van der Waals surface area contributed by atoms with Crippen molar-refractivity contribution < 1.29 is 102 Å². The molecule has 23 heteroatoms. The lowest BCUT2D eigenvalue weighted by molar-refractivity contribution is -1.28. The minimum atomic E-state index is -9.40. The Hall–Kier alpha value is -1.58. The number of nitrogens with zero attached hydrogens (tertiary/aromatic N) is 1. The van der Waals surface area contributed by atoms with Crippen LogP contribution in [0.2, 0.25) is 0 Å². The maximum absolute atomic E-state index is 13.1. The number of halogens is 22. The van der Waals surface area contributed by atoms with Crippen molar-refractivity contribution in [2.75, 3.05) is 0 Å². The quantitative estimate of drug-likeness (QED) is 0.193. The Labute approximate surface area is 157 Å². The topological polar surface area (TPSA) is 0 Å². The molecule has 0 aliphatic carbocycles. The van der Waals surface area contributed by atoms with Crippen LogP contribution in [0.5, 0.6) is 0 Å². The summed E-state index contributed by atoms with van der Waals surface area (Å²) in [6.45, 7) is 0. The van der Waals surface area contributed by atoms with Gasteiger partial charge in [0.15, 0.2) is 4.93 Å². The van der Waals surface area contributed by atoms with E-state index in [4.69, 9.17) is 0 Å². The number of rotatable bonds is 6. The van der Waals surface area contributed by atoms with Crippen LogP contribution in [0.3, 0.4) is 0 Å². The third kappa shape index (κ3) is 3.39. The van der Waals surface area contributed by atoms with Gasteiger partial charge < -0.3 is 0 Å². The first kappa shape index (κ1) is 30.4. The fraction of sp³-hybridized carbons (Fsp3) is 1.00. The summed E-state index contributed by atoms with van der Waals surface area (Å²) in [5.74, 6) is -45.0. The standard InChI is InChI=1S/C9F22N/c10-1(11,3(14,15)6(19,20)21)2(12,13)4(16,17)9(28,29)32(30,31)5(18,7(22,23)24)8(25,26)27/q+1. The molecule has 0 rings (SSSR count). The average molecular weight is 540 g/mol. The van der Waals surface area contributed by atoms with Crippen molar-refractivity contribution >= 4 is 0 Å². The summed E-state index contributed by atoms with van der Waals surface area (Å²) >= 11 is 0. The first-order valence-electron chi connectivity index (χ1n) is 6.31. The Bertz CT molecular complexity index is 674. The maximum atomic E-state index is 13.1. The molecule has 0 aliphatic heterocycles. The fourth-order valence-electron chi connectivity index (χ4n) is 1.61. The second-order valence-corrected chi connectivity index (χ2v) is 5.47. The van der Waals surface area contributed by atoms with E-state index in [1.807, 2.05) is 0 Å². The molecule has 0 atom stereocenters. The van der Waals surface area contributed by atoms with Gasteiger partial charge in [-0.25, -0.2) is 0 Å². The van der Waals surface area contributed by atoms with E-state index in [0.29, 0.717) is 0 Å². The SMILES string of the molecule is FC(F)(F)C(F)(F)C(F)(F)C(F)(F)C(F)(F)C(F)(F)[N+](F)(F)C(F)(C(F)(F)F)C(F)(F)F. The molecule has 0 unspecified atom stereocenters. The highest BCUT2D eigenvalue weighted by Gasteiger charge is 3.03. The van der Waals surface area contributed by atoms with E-state index < -0.39 is 59.0 Å². The van der Waals surface area contributed by atoms with E-state index >= 15 is 0 Å². The van der Waals surface area contributed by atoms with Gasteiger partial charge in [0.2, 0.25) is 0 Å². The van der Waals surface area contributed by atoms with Crippen molar-refractivity contribution in [3.63, 3.8) is 0 Å². The predicted octanol–water partition coefficient (Wildman–Crippen LogP) is 7.06. The molecule has 0 aliphatic rings. The summed E-state index contributed by atoms with van der Waals surface area (Å²) in [6, 6.07) is -9.40. The van der Waals surface area contributed by atoms with Crippen LogP contribution in [0.25, 0.3) is 0 Å². The van der Waals surface area contributed by atoms with Crippen LogP contribution in [0.1, 0.15) is 0 Å². The molecule has 0 radical (unpaired) electrons. The van der Waals surface area contributed by atoms with Crippen molar-refractivity contribution in [3.05, 3.63) is 0 Å². The molecule has 0 bridgehead atoms. The Balaban J connectivity index is 7.19. The van der Waals surface area contributed by atoms with Crippen molar-refractivity contribution in [2.24, 2.45) is 0 Å². The monoisotopic (exact) mass is 540 g/mol. The van der Waals surface area contributed by atoms with Crippen molar-refractivity contribution in [1.29, 1.82) is 0 Å². The van der Waals surface area contributed by atoms with E-state index in [2.05, 4.69) is 0 Å². The molecule has 0 aromatic rings. The Morgan fingerprint density at radius 1 is 0.312 bits per heavy atom. The number of quaternary nitrogens is 1. The van der Waals surface area contributed by atoms with Crippen molar-refractivity contribution in [3.8, 4) is 0 Å². The van der Waals surface area contributed by atoms with E-state index in [9.17, 15) is 96.8 Å². The van der Waals surface area contributed by atoms with E-state index in [0.717, 1.165) is 0 Å². The van der Waals surface area contributed by atoms with Gasteiger partial charge in [-0.05, 0) is 0 Å². The second kappa shape index (κ2) is 6.96. The molecule has 194 valence electrons. The minimum absolute atomic E-state index is 8.05. The Kier molecular flexibility index (Phi) is 6.62. The van der Waals surface area contributed by atoms with E-state index in [-0.39, 0.29) is 0 Å². The van der Waals surface area contributed by atoms with Gasteiger partial charge in [-0.15, -0.1) is 8.78 Å². The molecule has 0 heterocycles. The molecule has 0 aromatic carbocycles. The van der Waals surface area contributed by atoms with Crippen LogP contribution in [-0.2, 0) is 0 Å². The summed E-state index contributed by atoms with van der Waals surface area (Å²) in [5.41, 5.74) is 0. The molecule has 0 fully saturated rings. The molecule has 0 saturated heterocycles. The van der Waals surface area contributed by atoms with Crippen LogP contribution in [-0.4, -0.2) is 59.0 Å². The number of hydrogen-bond donors (Lipinski definition) is 0. The van der Waals surface area contributed by atoms with E-state index in [1.54, 1.807) is 0 Å². The molecule has 0 aromatic heterocycles. The van der Waals surface area contributed by atoms with Crippen LogP contribution < -0.4 is 0 Å². The third-order valence-electron chi connectivity index (χ3n) is 3.41. The molecular weight excluding hydrogens is 540 g/mol. The van der Waals surface area contributed by atoms with Gasteiger partial charge in [0.05, 0.1) is 8.96 Å². The largest absolute Gasteiger partial charge is 0.538 e. The van der Waals surface area contributed by atoms with Gasteiger partial charge in [-0.1, -0.05) is 0 Å². The number of alkyl halides is 20. The van der Waals surface area contributed by atoms with Gasteiger partial charge in [0.25, 0.3) is 0 Å². The summed E-state index contributed by atoms with van der Waals surface area (Å²) in [4.78, 5) is -8.37. The number of hydrogen-bond acceptors (Lipinski definition) is 0. The summed E-state index contributed by atoms with van der Waals surface area (Å²) in [6.07, 6.45) is -25.0. The van der Waals surface area contributed by atoms with Crippen LogP contribution in [0, 0.1) is 0 Å². The van der Waals surface area contributed by atoms with Gasteiger partial charge in [0.1, 0.15) is 0 Å². The Morgan fingerprint density at radius 2 is 0.562 bits per heavy atom. The van der Waals surface area contributed by atoms with Gasteiger partial charge in [0, 0.05) is 0 Å². The molecule has 0 amide bonds. The van der Waals surface area contributed by atoms with Crippen LogP contribution in [0.15, 0.2) is 0 Å². The molecule has 0 N–H and O–H groups in total. The summed E-state index contributed by atoms with van der Waals surface area (Å²) in [7, 11) is 0. The lowest BCUT2D eigenvalue weighted by Crippen LogP contribution is -2.80. The maximum Gasteiger partial charge on any atom is 0.538 e. The molecule has 1 nitrogen and oxygen atoms in total. The zero-order valence-corrected chi connectivity index (χ0v) is 13.3. The van der Waals surface area contributed by atoms with E-state index in [1.165, 1.54) is 0 Å². The highest BCUT2D eigenvalue weighted by Crippen LogP contribution is 2.65. The smallest absolute Gasteiger partial charge is 0.192 e. The normalized spacial score (nSPS) is 17.1. The van der Waals surface area contributed by atoms with Crippen LogP contribution >= 0.6 is 0 Å². The van der Waals surface area contributed by atoms with Gasteiger partial charge in [-0.2, -0.15) is 79.0 Å². The predicted molar refractivity (Wildman–Crippen MR) is 49.2 cm³/mol. The lowest BCUT2D eigenvalue weighted by atomic mass is 9.96. The minimum Gasteiger partial charge on any atom is -0.192 e. The molecular formula is C9F22N+. The highest BCUT2D eigenvalue weighted by atomic mass is 19.5. The van der Waals surface area contributed by atoms with Gasteiger partial charge >= 0.3 is 54.1 Å². The summed E-state index contributed by atoms with van der Waals surface area (Å²) < 4.78 is 276. The second-order valence-electron chi connectivity index (χ2n) is 5.47. The van der Waals surface area contributed by atoms with Crippen molar-refractivity contribution in [1.82, 2.24) is 0 Å². The highest BCUT2D eigenvalue weighted by molar-refractivity contribution is 5.09. The Morgan fingerprint density at radius 3 is 0.781 bits per heavy atom. The molecule has 32 heavy (non-hydrogen) atoms. The fourth-order valence-corrected chi connectivity index (χ4v) is 1.61. The zero-order valence-electron chi connectivity index (χ0n) is 13.3. The summed E-state index contributed by atoms with van der Waals surface area (Å²) in [5, 5.41) is 0. The average Bonchev–Trinajstić information content (AvgIpc) is 2.49. The molecule has 0 spiro atoms.